The van der Waals surface area contributed by atoms with Crippen molar-refractivity contribution >= 4 is 11.8 Å². The van der Waals surface area contributed by atoms with Gasteiger partial charge in [0.15, 0.2) is 0 Å². The Bertz CT molecular complexity index is 1120. The van der Waals surface area contributed by atoms with Crippen molar-refractivity contribution in [1.82, 2.24) is 14.4 Å². The van der Waals surface area contributed by atoms with Crippen LogP contribution in [0.4, 0.5) is 0 Å². The summed E-state index contributed by atoms with van der Waals surface area (Å²) in [7, 11) is 0. The van der Waals surface area contributed by atoms with Gasteiger partial charge in [-0.2, -0.15) is 0 Å². The number of hydrogen-bond acceptors (Lipinski definition) is 2. The van der Waals surface area contributed by atoms with E-state index in [9.17, 15) is 9.59 Å². The lowest BCUT2D eigenvalue weighted by molar-refractivity contribution is -0.142. The predicted molar refractivity (Wildman–Crippen MR) is 140 cm³/mol. The van der Waals surface area contributed by atoms with Gasteiger partial charge < -0.3 is 14.4 Å². The smallest absolute Gasteiger partial charge is 0.243 e. The number of aryl methyl sites for hydroxylation is 1. The lowest BCUT2D eigenvalue weighted by Crippen LogP contribution is -2.48. The lowest BCUT2D eigenvalue weighted by Gasteiger charge is -2.38. The number of rotatable bonds is 9. The Balaban J connectivity index is 1.51. The molecule has 2 heterocycles. The third-order valence-corrected chi connectivity index (χ3v) is 6.92. The lowest BCUT2D eigenvalue weighted by atomic mass is 9.95. The van der Waals surface area contributed by atoms with Crippen molar-refractivity contribution in [3.05, 3.63) is 95.3 Å². The highest BCUT2D eigenvalue weighted by Gasteiger charge is 2.33. The van der Waals surface area contributed by atoms with Crippen molar-refractivity contribution in [2.75, 3.05) is 19.6 Å². The van der Waals surface area contributed by atoms with Gasteiger partial charge in [-0.3, -0.25) is 9.59 Å². The number of aromatic nitrogens is 1. The highest BCUT2D eigenvalue weighted by atomic mass is 16.2. The summed E-state index contributed by atoms with van der Waals surface area (Å²) in [6, 6.07) is 22.7. The maximum absolute atomic E-state index is 13.7. The van der Waals surface area contributed by atoms with Crippen LogP contribution in [0.3, 0.4) is 0 Å². The van der Waals surface area contributed by atoms with Crippen molar-refractivity contribution < 1.29 is 9.59 Å². The molecule has 0 N–H and O–H groups in total. The highest BCUT2D eigenvalue weighted by molar-refractivity contribution is 5.85. The molecule has 0 radical (unpaired) electrons. The van der Waals surface area contributed by atoms with Gasteiger partial charge in [0.25, 0.3) is 0 Å². The molecule has 0 spiro atoms. The second-order valence-corrected chi connectivity index (χ2v) is 9.74. The fourth-order valence-corrected chi connectivity index (χ4v) is 4.94. The first-order chi connectivity index (χ1) is 17.0. The summed E-state index contributed by atoms with van der Waals surface area (Å²) in [4.78, 5) is 30.5. The van der Waals surface area contributed by atoms with Gasteiger partial charge in [0.05, 0.1) is 12.6 Å². The Morgan fingerprint density at radius 1 is 0.971 bits per heavy atom. The van der Waals surface area contributed by atoms with Crippen LogP contribution in [-0.2, 0) is 22.6 Å². The van der Waals surface area contributed by atoms with Crippen molar-refractivity contribution in [1.29, 1.82) is 0 Å². The van der Waals surface area contributed by atoms with E-state index in [1.54, 1.807) is 4.90 Å². The molecule has 0 aliphatic carbocycles. The highest BCUT2D eigenvalue weighted by Crippen LogP contribution is 2.33. The molecule has 35 heavy (non-hydrogen) atoms. The number of carbonyl (C=O) groups excluding carboxylic acids is 2. The molecule has 0 bridgehead atoms. The zero-order chi connectivity index (χ0) is 24.8. The van der Waals surface area contributed by atoms with Gasteiger partial charge in [0, 0.05) is 37.9 Å². The van der Waals surface area contributed by atoms with Crippen molar-refractivity contribution in [2.45, 2.75) is 58.5 Å². The predicted octanol–water partition coefficient (Wildman–Crippen LogP) is 5.41. The van der Waals surface area contributed by atoms with Crippen LogP contribution >= 0.6 is 0 Å². The summed E-state index contributed by atoms with van der Waals surface area (Å²) < 4.78 is 2.24. The minimum Gasteiger partial charge on any atom is -0.348 e. The Morgan fingerprint density at radius 3 is 2.40 bits per heavy atom. The molecule has 0 fully saturated rings. The standard InChI is InChI=1S/C30H37N3O2/c1-4-18-32(28(34)17-12-24-9-6-5-7-10-24)22-29(35)33-21-20-31-19-8-11-27(31)30(33)26-15-13-25(14-16-26)23(2)3/h5-11,13-16,19,23,30H,4,12,17-18,20-22H2,1-3H3. The van der Waals surface area contributed by atoms with Crippen LogP contribution < -0.4 is 0 Å². The number of fused-ring (bicyclic) bond motifs is 1. The van der Waals surface area contributed by atoms with E-state index in [4.69, 9.17) is 0 Å². The van der Waals surface area contributed by atoms with Gasteiger partial charge in [-0.15, -0.1) is 0 Å². The van der Waals surface area contributed by atoms with E-state index >= 15 is 0 Å². The number of nitrogens with zero attached hydrogens (tertiary/aromatic N) is 3. The number of benzene rings is 2. The molecule has 1 aliphatic rings. The normalized spacial score (nSPS) is 15.2. The molecule has 3 aromatic rings. The molecule has 1 atom stereocenters. The third-order valence-electron chi connectivity index (χ3n) is 6.92. The fourth-order valence-electron chi connectivity index (χ4n) is 4.94. The Kier molecular flexibility index (Phi) is 8.06. The molecule has 1 unspecified atom stereocenters. The van der Waals surface area contributed by atoms with Gasteiger partial charge in [-0.1, -0.05) is 75.4 Å². The van der Waals surface area contributed by atoms with Crippen LogP contribution in [0.5, 0.6) is 0 Å². The Morgan fingerprint density at radius 2 is 1.71 bits per heavy atom. The molecular weight excluding hydrogens is 434 g/mol. The van der Waals surface area contributed by atoms with E-state index in [0.717, 1.165) is 29.8 Å². The minimum atomic E-state index is -0.143. The van der Waals surface area contributed by atoms with Gasteiger partial charge in [-0.05, 0) is 47.6 Å². The van der Waals surface area contributed by atoms with Crippen LogP contribution in [0, 0.1) is 0 Å². The summed E-state index contributed by atoms with van der Waals surface area (Å²) in [6.45, 7) is 8.55. The van der Waals surface area contributed by atoms with E-state index in [1.807, 2.05) is 35.2 Å². The summed E-state index contributed by atoms with van der Waals surface area (Å²) >= 11 is 0. The molecule has 4 rings (SSSR count). The van der Waals surface area contributed by atoms with Gasteiger partial charge in [-0.25, -0.2) is 0 Å². The second kappa shape index (κ2) is 11.4. The molecule has 2 amide bonds. The molecule has 0 saturated heterocycles. The van der Waals surface area contributed by atoms with E-state index in [-0.39, 0.29) is 24.4 Å². The van der Waals surface area contributed by atoms with Crippen molar-refractivity contribution in [3.8, 4) is 0 Å². The van der Waals surface area contributed by atoms with Crippen LogP contribution in [0.2, 0.25) is 0 Å². The van der Waals surface area contributed by atoms with E-state index in [1.165, 1.54) is 5.56 Å². The topological polar surface area (TPSA) is 45.6 Å². The average Bonchev–Trinajstić information content (AvgIpc) is 3.36. The maximum Gasteiger partial charge on any atom is 0.243 e. The van der Waals surface area contributed by atoms with Crippen LogP contribution in [-0.4, -0.2) is 45.8 Å². The van der Waals surface area contributed by atoms with Crippen LogP contribution in [0.1, 0.15) is 68.0 Å². The molecule has 184 valence electrons. The van der Waals surface area contributed by atoms with Crippen molar-refractivity contribution in [3.63, 3.8) is 0 Å². The van der Waals surface area contributed by atoms with Gasteiger partial charge in [0.2, 0.25) is 11.8 Å². The zero-order valence-corrected chi connectivity index (χ0v) is 21.2. The molecule has 5 heteroatoms. The molecule has 5 nitrogen and oxygen atoms in total. The fraction of sp³-hybridized carbons (Fsp3) is 0.400. The quantitative estimate of drug-likeness (QED) is 0.419. The van der Waals surface area contributed by atoms with Gasteiger partial charge in [0.1, 0.15) is 0 Å². The van der Waals surface area contributed by atoms with E-state index < -0.39 is 0 Å². The summed E-state index contributed by atoms with van der Waals surface area (Å²) in [5.74, 6) is 0.515. The first-order valence-electron chi connectivity index (χ1n) is 12.8. The first kappa shape index (κ1) is 24.8. The monoisotopic (exact) mass is 471 g/mol. The molecule has 0 saturated carbocycles. The zero-order valence-electron chi connectivity index (χ0n) is 21.2. The summed E-state index contributed by atoms with van der Waals surface area (Å²) in [6.07, 6.45) is 4.02. The second-order valence-electron chi connectivity index (χ2n) is 9.74. The summed E-state index contributed by atoms with van der Waals surface area (Å²) in [5, 5.41) is 0. The minimum absolute atomic E-state index is 0.0110. The van der Waals surface area contributed by atoms with E-state index in [2.05, 4.69) is 67.9 Å². The first-order valence-corrected chi connectivity index (χ1v) is 12.8. The van der Waals surface area contributed by atoms with Gasteiger partial charge >= 0.3 is 0 Å². The number of hydrogen-bond donors (Lipinski definition) is 0. The SMILES string of the molecule is CCCN(CC(=O)N1CCn2cccc2C1c1ccc(C(C)C)cc1)C(=O)CCc1ccccc1. The van der Waals surface area contributed by atoms with Crippen molar-refractivity contribution in [2.24, 2.45) is 0 Å². The van der Waals surface area contributed by atoms with Crippen LogP contribution in [0.25, 0.3) is 0 Å². The molecule has 1 aliphatic heterocycles. The molecule has 1 aromatic heterocycles. The largest absolute Gasteiger partial charge is 0.348 e. The third kappa shape index (κ3) is 5.84. The molecule has 2 aromatic carbocycles. The average molecular weight is 472 g/mol. The maximum atomic E-state index is 13.7. The number of carbonyl (C=O) groups is 2. The molecular formula is C30H37N3O2. The van der Waals surface area contributed by atoms with Crippen LogP contribution in [0.15, 0.2) is 72.9 Å². The number of amides is 2. The van der Waals surface area contributed by atoms with E-state index in [0.29, 0.717) is 31.8 Å². The Hall–Kier alpha value is -3.34. The Labute approximate surface area is 209 Å². The summed E-state index contributed by atoms with van der Waals surface area (Å²) in [5.41, 5.74) is 4.67.